The molecule has 0 radical (unpaired) electrons. The van der Waals surface area contributed by atoms with Gasteiger partial charge in [-0.3, -0.25) is 0 Å². The maximum Gasteiger partial charge on any atom is 0.0346 e. The van der Waals surface area contributed by atoms with Crippen molar-refractivity contribution in [3.8, 4) is 0 Å². The van der Waals surface area contributed by atoms with E-state index in [0.29, 0.717) is 0 Å². The van der Waals surface area contributed by atoms with Crippen molar-refractivity contribution in [1.29, 1.82) is 0 Å². The Bertz CT molecular complexity index is 569. The molecule has 0 bridgehead atoms. The van der Waals surface area contributed by atoms with Crippen LogP contribution in [0.25, 0.3) is 0 Å². The summed E-state index contributed by atoms with van der Waals surface area (Å²) in [6, 6.07) is 15.5. The van der Waals surface area contributed by atoms with Crippen LogP contribution in [-0.4, -0.2) is 0 Å². The summed E-state index contributed by atoms with van der Waals surface area (Å²) in [5.74, 6) is 0. The normalized spacial score (nSPS) is 10.8. The minimum Gasteiger partial charge on any atom is -0.399 e. The molecule has 1 nitrogen and oxygen atoms in total. The first kappa shape index (κ1) is 16.6. The largest absolute Gasteiger partial charge is 0.399 e. The van der Waals surface area contributed by atoms with Gasteiger partial charge in [0, 0.05) is 5.69 Å². The molecule has 0 heterocycles. The van der Waals surface area contributed by atoms with Crippen molar-refractivity contribution < 1.29 is 0 Å². The van der Waals surface area contributed by atoms with Crippen LogP contribution in [-0.2, 0) is 19.3 Å². The van der Waals surface area contributed by atoms with E-state index in [9.17, 15) is 0 Å². The lowest BCUT2D eigenvalue weighted by atomic mass is 9.98. The van der Waals surface area contributed by atoms with Crippen molar-refractivity contribution in [2.45, 2.75) is 58.8 Å². The first-order chi connectivity index (χ1) is 10.7. The highest BCUT2D eigenvalue weighted by Crippen LogP contribution is 2.20. The Morgan fingerprint density at radius 3 is 2.14 bits per heavy atom. The number of anilines is 1. The monoisotopic (exact) mass is 295 g/mol. The summed E-state index contributed by atoms with van der Waals surface area (Å²) in [4.78, 5) is 0. The highest BCUT2D eigenvalue weighted by molar-refractivity contribution is 5.49. The van der Waals surface area contributed by atoms with Crippen LogP contribution in [0.15, 0.2) is 42.5 Å². The van der Waals surface area contributed by atoms with Crippen molar-refractivity contribution in [2.24, 2.45) is 0 Å². The lowest BCUT2D eigenvalue weighted by Crippen LogP contribution is -1.98. The average Bonchev–Trinajstić information content (AvgIpc) is 2.55. The Kier molecular flexibility index (Phi) is 6.51. The molecule has 0 amide bonds. The van der Waals surface area contributed by atoms with Crippen molar-refractivity contribution in [3.05, 3.63) is 64.7 Å². The third-order valence-corrected chi connectivity index (χ3v) is 4.35. The molecule has 0 spiro atoms. The summed E-state index contributed by atoms with van der Waals surface area (Å²) < 4.78 is 0. The number of unbranched alkanes of at least 4 members (excludes halogenated alkanes) is 3. The first-order valence-electron chi connectivity index (χ1n) is 8.68. The van der Waals surface area contributed by atoms with Crippen LogP contribution in [0.4, 0.5) is 5.69 Å². The first-order valence-corrected chi connectivity index (χ1v) is 8.68. The van der Waals surface area contributed by atoms with Crippen LogP contribution in [0.1, 0.15) is 61.8 Å². The Hall–Kier alpha value is -1.76. The second-order valence-electron chi connectivity index (χ2n) is 6.19. The molecular weight excluding hydrogens is 266 g/mol. The van der Waals surface area contributed by atoms with E-state index in [-0.39, 0.29) is 0 Å². The summed E-state index contributed by atoms with van der Waals surface area (Å²) in [5.41, 5.74) is 12.5. The quantitative estimate of drug-likeness (QED) is 0.502. The molecule has 0 unspecified atom stereocenters. The molecule has 0 aromatic heterocycles. The zero-order valence-electron chi connectivity index (χ0n) is 14.1. The number of nitrogens with two attached hydrogens (primary N) is 1. The smallest absolute Gasteiger partial charge is 0.0346 e. The summed E-state index contributed by atoms with van der Waals surface area (Å²) in [6.07, 6.45) is 8.35. The van der Waals surface area contributed by atoms with Crippen molar-refractivity contribution in [1.82, 2.24) is 0 Å². The number of benzene rings is 2. The predicted octanol–water partition coefficient (Wildman–Crippen LogP) is 5.54. The van der Waals surface area contributed by atoms with E-state index in [1.54, 1.807) is 0 Å². The third kappa shape index (κ3) is 4.91. The van der Waals surface area contributed by atoms with Crippen LogP contribution in [0, 0.1) is 0 Å². The molecule has 0 atom stereocenters. The van der Waals surface area contributed by atoms with Crippen LogP contribution in [0.5, 0.6) is 0 Å². The average molecular weight is 295 g/mol. The second-order valence-corrected chi connectivity index (χ2v) is 6.19. The van der Waals surface area contributed by atoms with E-state index in [1.165, 1.54) is 47.9 Å². The molecule has 2 aromatic carbocycles. The van der Waals surface area contributed by atoms with Crippen LogP contribution in [0.3, 0.4) is 0 Å². The molecule has 22 heavy (non-hydrogen) atoms. The van der Waals surface area contributed by atoms with Gasteiger partial charge in [0.15, 0.2) is 0 Å². The molecule has 0 saturated carbocycles. The van der Waals surface area contributed by atoms with E-state index in [4.69, 9.17) is 5.73 Å². The van der Waals surface area contributed by atoms with Gasteiger partial charge < -0.3 is 5.73 Å². The maximum absolute atomic E-state index is 6.14. The molecule has 0 aliphatic carbocycles. The van der Waals surface area contributed by atoms with Gasteiger partial charge in [0.1, 0.15) is 0 Å². The van der Waals surface area contributed by atoms with Gasteiger partial charge in [-0.1, -0.05) is 69.5 Å². The topological polar surface area (TPSA) is 26.0 Å². The van der Waals surface area contributed by atoms with Gasteiger partial charge in [-0.15, -0.1) is 0 Å². The van der Waals surface area contributed by atoms with E-state index in [1.807, 2.05) is 0 Å². The fourth-order valence-electron chi connectivity index (χ4n) is 2.86. The van der Waals surface area contributed by atoms with Crippen LogP contribution >= 0.6 is 0 Å². The third-order valence-electron chi connectivity index (χ3n) is 4.35. The summed E-state index contributed by atoms with van der Waals surface area (Å²) in [5, 5.41) is 0. The molecule has 0 fully saturated rings. The number of nitrogen functional groups attached to an aromatic ring is 1. The molecule has 2 aromatic rings. The number of rotatable bonds is 8. The minimum absolute atomic E-state index is 0.946. The van der Waals surface area contributed by atoms with Crippen LogP contribution < -0.4 is 5.73 Å². The lowest BCUT2D eigenvalue weighted by Gasteiger charge is -2.09. The Labute approximate surface area is 135 Å². The summed E-state index contributed by atoms with van der Waals surface area (Å²) >= 11 is 0. The van der Waals surface area contributed by atoms with Crippen LogP contribution in [0.2, 0.25) is 0 Å². The SMILES string of the molecule is CCCCCCc1cc(Cc2ccc(CC)cc2)ccc1N. The zero-order valence-corrected chi connectivity index (χ0v) is 14.1. The van der Waals surface area contributed by atoms with E-state index < -0.39 is 0 Å². The molecule has 1 heteroatoms. The lowest BCUT2D eigenvalue weighted by molar-refractivity contribution is 0.667. The molecule has 0 saturated heterocycles. The zero-order chi connectivity index (χ0) is 15.8. The standard InChI is InChI=1S/C21H29N/c1-3-5-6-7-8-20-16-19(13-14-21(20)22)15-18-11-9-17(4-2)10-12-18/h9-14,16H,3-8,15,22H2,1-2H3. The number of hydrogen-bond donors (Lipinski definition) is 1. The minimum atomic E-state index is 0.946. The Balaban J connectivity index is 2.01. The van der Waals surface area contributed by atoms with Gasteiger partial charge in [0.2, 0.25) is 0 Å². The van der Waals surface area contributed by atoms with Gasteiger partial charge in [0.05, 0.1) is 0 Å². The molecular formula is C21H29N. The van der Waals surface area contributed by atoms with Gasteiger partial charge in [-0.2, -0.15) is 0 Å². The molecule has 2 rings (SSSR count). The molecule has 0 aliphatic rings. The fourth-order valence-corrected chi connectivity index (χ4v) is 2.86. The van der Waals surface area contributed by atoms with Gasteiger partial charge in [-0.05, 0) is 54.0 Å². The number of aryl methyl sites for hydroxylation is 2. The van der Waals surface area contributed by atoms with Gasteiger partial charge in [-0.25, -0.2) is 0 Å². The van der Waals surface area contributed by atoms with Gasteiger partial charge >= 0.3 is 0 Å². The summed E-state index contributed by atoms with van der Waals surface area (Å²) in [7, 11) is 0. The maximum atomic E-state index is 6.14. The van der Waals surface area contributed by atoms with Crippen molar-refractivity contribution in [3.63, 3.8) is 0 Å². The fraction of sp³-hybridized carbons (Fsp3) is 0.429. The Morgan fingerprint density at radius 2 is 1.45 bits per heavy atom. The second kappa shape index (κ2) is 8.63. The molecule has 0 aliphatic heterocycles. The van der Waals surface area contributed by atoms with Gasteiger partial charge in [0.25, 0.3) is 0 Å². The Morgan fingerprint density at radius 1 is 0.773 bits per heavy atom. The summed E-state index contributed by atoms with van der Waals surface area (Å²) in [6.45, 7) is 4.44. The predicted molar refractivity (Wildman–Crippen MR) is 97.3 cm³/mol. The van der Waals surface area contributed by atoms with E-state index in [2.05, 4.69) is 56.3 Å². The highest BCUT2D eigenvalue weighted by atomic mass is 14.6. The number of hydrogen-bond acceptors (Lipinski definition) is 1. The van der Waals surface area contributed by atoms with Crippen molar-refractivity contribution >= 4 is 5.69 Å². The molecule has 118 valence electrons. The van der Waals surface area contributed by atoms with E-state index >= 15 is 0 Å². The highest BCUT2D eigenvalue weighted by Gasteiger charge is 2.03. The van der Waals surface area contributed by atoms with E-state index in [0.717, 1.165) is 24.9 Å². The van der Waals surface area contributed by atoms with Crippen molar-refractivity contribution in [2.75, 3.05) is 5.73 Å². The molecule has 2 N–H and O–H groups in total.